The normalized spacial score (nSPS) is 18.2. The highest BCUT2D eigenvalue weighted by atomic mass is 32.1. The smallest absolute Gasteiger partial charge is 0.367 e. The fraction of sp³-hybridized carbons (Fsp3) is 0.364. The van der Waals surface area contributed by atoms with Gasteiger partial charge in [-0.1, -0.05) is 0 Å². The average molecular weight is 462 g/mol. The Hall–Kier alpha value is -2.85. The van der Waals surface area contributed by atoms with Crippen molar-refractivity contribution in [1.29, 1.82) is 0 Å². The van der Waals surface area contributed by atoms with Gasteiger partial charge >= 0.3 is 6.18 Å². The van der Waals surface area contributed by atoms with E-state index in [1.165, 1.54) is 17.4 Å². The molecule has 2 aromatic heterocycles. The standard InChI is InChI=1S/C22H21F3N4O2S/c23-22(24,25)16-1-2-18-15(9-16)10-19(32-18)21(31)28-7-5-27(6-8-28)17-12-29(13-17)20(30)14-3-4-26-11-14/h1-4,9-11,17,26H,5-8,12-13H2. The van der Waals surface area contributed by atoms with E-state index in [0.29, 0.717) is 65.8 Å². The van der Waals surface area contributed by atoms with E-state index in [2.05, 4.69) is 9.88 Å². The molecule has 1 N–H and O–H groups in total. The highest BCUT2D eigenvalue weighted by Gasteiger charge is 2.37. The van der Waals surface area contributed by atoms with Gasteiger partial charge in [-0.25, -0.2) is 0 Å². The SMILES string of the molecule is O=C(c1cc[nH]c1)N1CC(N2CCN(C(=O)c3cc4cc(C(F)(F)F)ccc4s3)CC2)C1. The van der Waals surface area contributed by atoms with Gasteiger partial charge in [0.05, 0.1) is 16.0 Å². The van der Waals surface area contributed by atoms with Crippen LogP contribution in [0.1, 0.15) is 25.6 Å². The molecule has 2 amide bonds. The number of amides is 2. The molecule has 0 radical (unpaired) electrons. The van der Waals surface area contributed by atoms with Crippen LogP contribution in [-0.4, -0.2) is 76.8 Å². The van der Waals surface area contributed by atoms with E-state index >= 15 is 0 Å². The zero-order chi connectivity index (χ0) is 22.5. The number of alkyl halides is 3. The predicted octanol–water partition coefficient (Wildman–Crippen LogP) is 3.53. The zero-order valence-corrected chi connectivity index (χ0v) is 17.9. The molecule has 0 unspecified atom stereocenters. The van der Waals surface area contributed by atoms with E-state index < -0.39 is 11.7 Å². The number of halogens is 3. The average Bonchev–Trinajstić information content (AvgIpc) is 3.41. The number of likely N-dealkylation sites (tertiary alicyclic amines) is 1. The van der Waals surface area contributed by atoms with Crippen LogP contribution < -0.4 is 0 Å². The maximum atomic E-state index is 12.9. The fourth-order valence-electron chi connectivity index (χ4n) is 4.26. The molecule has 32 heavy (non-hydrogen) atoms. The molecule has 3 aromatic rings. The second-order valence-corrected chi connectivity index (χ2v) is 9.24. The van der Waals surface area contributed by atoms with Crippen LogP contribution >= 0.6 is 11.3 Å². The topological polar surface area (TPSA) is 59.7 Å². The van der Waals surface area contributed by atoms with Gasteiger partial charge in [-0.3, -0.25) is 14.5 Å². The number of H-pyrrole nitrogens is 1. The first kappa shape index (κ1) is 21.0. The summed E-state index contributed by atoms with van der Waals surface area (Å²) in [6, 6.07) is 7.18. The predicted molar refractivity (Wildman–Crippen MR) is 115 cm³/mol. The van der Waals surface area contributed by atoms with Crippen molar-refractivity contribution in [2.45, 2.75) is 12.2 Å². The van der Waals surface area contributed by atoms with Gasteiger partial charge < -0.3 is 14.8 Å². The molecule has 168 valence electrons. The molecule has 2 saturated heterocycles. The van der Waals surface area contributed by atoms with Gasteiger partial charge in [-0.05, 0) is 35.7 Å². The number of piperazine rings is 1. The molecule has 2 aliphatic rings. The van der Waals surface area contributed by atoms with Gasteiger partial charge in [-0.15, -0.1) is 11.3 Å². The Bertz CT molecular complexity index is 1140. The van der Waals surface area contributed by atoms with Crippen molar-refractivity contribution in [3.63, 3.8) is 0 Å². The lowest BCUT2D eigenvalue weighted by atomic mass is 10.0. The van der Waals surface area contributed by atoms with Crippen LogP contribution in [0.2, 0.25) is 0 Å². The molecule has 0 bridgehead atoms. The first-order chi connectivity index (χ1) is 15.3. The summed E-state index contributed by atoms with van der Waals surface area (Å²) in [5.41, 5.74) is -0.0514. The van der Waals surface area contributed by atoms with E-state index in [9.17, 15) is 22.8 Å². The Morgan fingerprint density at radius 1 is 0.969 bits per heavy atom. The van der Waals surface area contributed by atoms with Crippen molar-refractivity contribution in [3.05, 3.63) is 58.7 Å². The molecule has 0 atom stereocenters. The second-order valence-electron chi connectivity index (χ2n) is 8.15. The van der Waals surface area contributed by atoms with E-state index in [1.807, 2.05) is 4.90 Å². The molecule has 1 aromatic carbocycles. The van der Waals surface area contributed by atoms with Crippen molar-refractivity contribution in [2.24, 2.45) is 0 Å². The monoisotopic (exact) mass is 462 g/mol. The minimum atomic E-state index is -4.40. The van der Waals surface area contributed by atoms with Crippen LogP contribution in [0, 0.1) is 0 Å². The molecule has 0 aliphatic carbocycles. The summed E-state index contributed by atoms with van der Waals surface area (Å²) >= 11 is 1.22. The summed E-state index contributed by atoms with van der Waals surface area (Å²) in [6.07, 6.45) is -0.982. The maximum Gasteiger partial charge on any atom is 0.416 e. The highest BCUT2D eigenvalue weighted by Crippen LogP contribution is 2.34. The van der Waals surface area contributed by atoms with Gasteiger partial charge in [0.1, 0.15) is 0 Å². The van der Waals surface area contributed by atoms with E-state index in [1.54, 1.807) is 29.4 Å². The third-order valence-electron chi connectivity index (χ3n) is 6.17. The number of hydrogen-bond donors (Lipinski definition) is 1. The van der Waals surface area contributed by atoms with E-state index in [0.717, 1.165) is 12.1 Å². The van der Waals surface area contributed by atoms with Gasteiger partial charge in [0.15, 0.2) is 0 Å². The van der Waals surface area contributed by atoms with Crippen LogP contribution in [0.4, 0.5) is 13.2 Å². The molecule has 0 saturated carbocycles. The van der Waals surface area contributed by atoms with Gasteiger partial charge in [-0.2, -0.15) is 13.2 Å². The van der Waals surface area contributed by atoms with Crippen LogP contribution in [0.3, 0.4) is 0 Å². The molecular weight excluding hydrogens is 441 g/mol. The molecule has 10 heteroatoms. The largest absolute Gasteiger partial charge is 0.416 e. The molecule has 0 spiro atoms. The lowest BCUT2D eigenvalue weighted by Crippen LogP contribution is -2.64. The summed E-state index contributed by atoms with van der Waals surface area (Å²) < 4.78 is 39.5. The van der Waals surface area contributed by atoms with Crippen molar-refractivity contribution in [1.82, 2.24) is 19.7 Å². The molecule has 4 heterocycles. The van der Waals surface area contributed by atoms with Crippen molar-refractivity contribution < 1.29 is 22.8 Å². The number of nitrogens with one attached hydrogen (secondary N) is 1. The minimum absolute atomic E-state index is 0.0229. The summed E-state index contributed by atoms with van der Waals surface area (Å²) in [6.45, 7) is 3.90. The van der Waals surface area contributed by atoms with Crippen LogP contribution in [0.5, 0.6) is 0 Å². The number of hydrogen-bond acceptors (Lipinski definition) is 4. The first-order valence-electron chi connectivity index (χ1n) is 10.4. The summed E-state index contributed by atoms with van der Waals surface area (Å²) in [5.74, 6) is -0.118. The van der Waals surface area contributed by atoms with Crippen molar-refractivity contribution in [2.75, 3.05) is 39.3 Å². The van der Waals surface area contributed by atoms with Crippen LogP contribution in [-0.2, 0) is 6.18 Å². The Balaban J connectivity index is 1.17. The first-order valence-corrected chi connectivity index (χ1v) is 11.2. The quantitative estimate of drug-likeness (QED) is 0.648. The fourth-order valence-corrected chi connectivity index (χ4v) is 5.27. The van der Waals surface area contributed by atoms with Gasteiger partial charge in [0.2, 0.25) is 0 Å². The number of carbonyl (C=O) groups excluding carboxylic acids is 2. The zero-order valence-electron chi connectivity index (χ0n) is 17.1. The number of carbonyl (C=O) groups is 2. The molecule has 6 nitrogen and oxygen atoms in total. The third kappa shape index (κ3) is 3.88. The van der Waals surface area contributed by atoms with Gasteiger partial charge in [0.25, 0.3) is 11.8 Å². The number of aromatic nitrogens is 1. The van der Waals surface area contributed by atoms with Crippen LogP contribution in [0.25, 0.3) is 10.1 Å². The number of nitrogens with zero attached hydrogens (tertiary/aromatic N) is 3. The molecule has 2 aliphatic heterocycles. The summed E-state index contributed by atoms with van der Waals surface area (Å²) in [7, 11) is 0. The summed E-state index contributed by atoms with van der Waals surface area (Å²) in [4.78, 5) is 34.5. The van der Waals surface area contributed by atoms with E-state index in [-0.39, 0.29) is 11.8 Å². The van der Waals surface area contributed by atoms with Crippen molar-refractivity contribution >= 4 is 33.2 Å². The highest BCUT2D eigenvalue weighted by molar-refractivity contribution is 7.20. The number of fused-ring (bicyclic) bond motifs is 1. The number of thiophene rings is 1. The number of rotatable bonds is 3. The maximum absolute atomic E-state index is 12.9. The molecule has 5 rings (SSSR count). The number of aromatic amines is 1. The van der Waals surface area contributed by atoms with Crippen LogP contribution in [0.15, 0.2) is 42.7 Å². The Labute approximate surface area is 186 Å². The Morgan fingerprint density at radius 2 is 1.72 bits per heavy atom. The molecular formula is C22H21F3N4O2S. The second kappa shape index (κ2) is 7.93. The minimum Gasteiger partial charge on any atom is -0.367 e. The lowest BCUT2D eigenvalue weighted by Gasteiger charge is -2.48. The third-order valence-corrected chi connectivity index (χ3v) is 7.27. The van der Waals surface area contributed by atoms with Gasteiger partial charge in [0, 0.05) is 62.4 Å². The molecule has 2 fully saturated rings. The Morgan fingerprint density at radius 3 is 2.38 bits per heavy atom. The van der Waals surface area contributed by atoms with Crippen molar-refractivity contribution in [3.8, 4) is 0 Å². The Kier molecular flexibility index (Phi) is 5.21. The number of benzene rings is 1. The van der Waals surface area contributed by atoms with E-state index in [4.69, 9.17) is 0 Å². The summed E-state index contributed by atoms with van der Waals surface area (Å²) in [5, 5.41) is 0.438. The lowest BCUT2D eigenvalue weighted by molar-refractivity contribution is -0.137.